The van der Waals surface area contributed by atoms with Crippen molar-refractivity contribution in [2.45, 2.75) is 38.3 Å². The molecule has 0 saturated carbocycles. The third-order valence-electron chi connectivity index (χ3n) is 5.85. The topological polar surface area (TPSA) is 182 Å². The quantitative estimate of drug-likeness (QED) is 0.193. The smallest absolute Gasteiger partial charge is 0.166 e. The number of hydrogen-bond acceptors (Lipinski definition) is 9. The summed E-state index contributed by atoms with van der Waals surface area (Å²) in [4.78, 5) is 6.56. The van der Waals surface area contributed by atoms with Crippen LogP contribution in [0.15, 0.2) is 146 Å². The van der Waals surface area contributed by atoms with Gasteiger partial charge >= 0.3 is 0 Å². The van der Waals surface area contributed by atoms with Crippen molar-refractivity contribution in [2.75, 3.05) is 0 Å². The van der Waals surface area contributed by atoms with E-state index in [9.17, 15) is 0 Å². The van der Waals surface area contributed by atoms with Gasteiger partial charge in [-0.2, -0.15) is 14.0 Å². The van der Waals surface area contributed by atoms with Crippen molar-refractivity contribution in [3.63, 3.8) is 0 Å². The van der Waals surface area contributed by atoms with Crippen LogP contribution in [0.3, 0.4) is 0 Å². The molecule has 8 nitrogen and oxygen atoms in total. The monoisotopic (exact) mass is 800 g/mol. The molecule has 236 valence electrons. The molecule has 0 radical (unpaired) electrons. The molecule has 0 aliphatic heterocycles. The number of hydrogen-bond donors (Lipinski definition) is 1. The van der Waals surface area contributed by atoms with Gasteiger partial charge in [-0.3, -0.25) is 0 Å². The SMILES string of the molecule is Cc1ccc([S+](c2ccc(C)cc2)c2ccc(Sc3ccc(-c4ccccc4I)cc3)cc2)cc1.[O-][Cl+3]([O-])([O-])O.[O-][Cl+3]([O-])([O-])[O-]. The molecule has 5 aromatic carbocycles. The molecule has 0 aromatic heterocycles. The van der Waals surface area contributed by atoms with E-state index in [0.29, 0.717) is 0 Å². The highest BCUT2D eigenvalue weighted by atomic mass is 127. The Morgan fingerprint density at radius 1 is 0.556 bits per heavy atom. The largest absolute Gasteiger partial charge is 0.222 e. The molecule has 0 saturated heterocycles. The Kier molecular flexibility index (Phi) is 14.1. The predicted molar refractivity (Wildman–Crippen MR) is 162 cm³/mol. The zero-order chi connectivity index (χ0) is 33.2. The Balaban J connectivity index is 0.000000482. The van der Waals surface area contributed by atoms with Crippen molar-refractivity contribution >= 4 is 45.2 Å². The van der Waals surface area contributed by atoms with Gasteiger partial charge in [0.25, 0.3) is 0 Å². The standard InChI is InChI=1S/C32H26IS2.2ClHO4/c1-23-7-17-28(18-8-23)35(29-19-9-24(2)10-20-29)30-21-15-27(16-22-30)34-26-13-11-25(12-14-26)31-5-3-4-6-32(31)33;2*2-1(3,4)5/h3-22H,1-2H3;2*(H,2,3,4,5)/q+1;;/p-1. The molecular formula is C32H27Cl2IO8S2. The van der Waals surface area contributed by atoms with Crippen LogP contribution in [0, 0.1) is 37.9 Å². The normalized spacial score (nSPS) is 11.3. The fraction of sp³-hybridized carbons (Fsp3) is 0.0625. The number of rotatable bonds is 6. The highest BCUT2D eigenvalue weighted by Gasteiger charge is 2.28. The first-order chi connectivity index (χ1) is 21.1. The van der Waals surface area contributed by atoms with E-state index >= 15 is 0 Å². The maximum absolute atomic E-state index is 8.60. The van der Waals surface area contributed by atoms with Gasteiger partial charge in [-0.15, -0.1) is 10.2 Å². The Labute approximate surface area is 286 Å². The number of aryl methyl sites for hydroxylation is 2. The summed E-state index contributed by atoms with van der Waals surface area (Å²) >= 11 is 4.22. The van der Waals surface area contributed by atoms with Crippen molar-refractivity contribution in [1.82, 2.24) is 0 Å². The third kappa shape index (κ3) is 14.0. The summed E-state index contributed by atoms with van der Waals surface area (Å²) in [6.45, 7) is 4.29. The van der Waals surface area contributed by atoms with E-state index in [0.717, 1.165) is 0 Å². The van der Waals surface area contributed by atoms with E-state index in [4.69, 9.17) is 37.3 Å². The van der Waals surface area contributed by atoms with Gasteiger partial charge in [0.15, 0.2) is 14.7 Å². The van der Waals surface area contributed by atoms with Crippen LogP contribution >= 0.6 is 34.4 Å². The Morgan fingerprint density at radius 3 is 1.27 bits per heavy atom. The molecule has 5 aromatic rings. The van der Waals surface area contributed by atoms with Crippen LogP contribution in [0.2, 0.25) is 0 Å². The van der Waals surface area contributed by atoms with Gasteiger partial charge < -0.3 is 0 Å². The van der Waals surface area contributed by atoms with Gasteiger partial charge in [0.1, 0.15) is 0 Å². The molecule has 5 rings (SSSR count). The van der Waals surface area contributed by atoms with E-state index in [1.54, 1.807) is 0 Å². The Bertz CT molecular complexity index is 1560. The van der Waals surface area contributed by atoms with Gasteiger partial charge in [-0.25, -0.2) is 18.6 Å². The molecule has 0 aliphatic rings. The highest BCUT2D eigenvalue weighted by Crippen LogP contribution is 2.35. The van der Waals surface area contributed by atoms with Crippen LogP contribution in [-0.4, -0.2) is 4.66 Å². The summed E-state index contributed by atoms with van der Waals surface area (Å²) in [6, 6.07) is 44.5. The lowest BCUT2D eigenvalue weighted by Gasteiger charge is -2.17. The summed E-state index contributed by atoms with van der Waals surface area (Å²) < 4.78 is 68.0. The minimum atomic E-state index is -4.94. The molecular weight excluding hydrogens is 774 g/mol. The van der Waals surface area contributed by atoms with Crippen molar-refractivity contribution in [3.8, 4) is 11.1 Å². The molecule has 0 aliphatic carbocycles. The summed E-state index contributed by atoms with van der Waals surface area (Å²) in [5.41, 5.74) is 5.13. The van der Waals surface area contributed by atoms with E-state index in [-0.39, 0.29) is 10.9 Å². The minimum Gasteiger partial charge on any atom is -0.222 e. The van der Waals surface area contributed by atoms with Gasteiger partial charge in [0.2, 0.25) is 0 Å². The van der Waals surface area contributed by atoms with Gasteiger partial charge in [-0.05, 0) is 114 Å². The molecule has 13 heteroatoms. The Hall–Kier alpha value is -2.21. The van der Waals surface area contributed by atoms with E-state index < -0.39 is 20.5 Å². The van der Waals surface area contributed by atoms with Crippen molar-refractivity contribution in [3.05, 3.63) is 136 Å². The number of halogens is 3. The lowest BCUT2D eigenvalue weighted by molar-refractivity contribution is -2.00. The van der Waals surface area contributed by atoms with Crippen LogP contribution in [0.5, 0.6) is 0 Å². The predicted octanol–water partition coefficient (Wildman–Crippen LogP) is 0.942. The van der Waals surface area contributed by atoms with Crippen LogP contribution in [0.25, 0.3) is 11.1 Å². The van der Waals surface area contributed by atoms with E-state index in [1.807, 2.05) is 11.8 Å². The second-order valence-corrected chi connectivity index (χ2v) is 15.2. The van der Waals surface area contributed by atoms with E-state index in [1.165, 1.54) is 50.3 Å². The third-order valence-corrected chi connectivity index (χ3v) is 10.0. The van der Waals surface area contributed by atoms with Crippen LogP contribution < -0.4 is 32.6 Å². The van der Waals surface area contributed by atoms with E-state index in [2.05, 4.69) is 158 Å². The van der Waals surface area contributed by atoms with Crippen LogP contribution in [0.4, 0.5) is 0 Å². The van der Waals surface area contributed by atoms with Gasteiger partial charge in [-0.1, -0.05) is 77.5 Å². The molecule has 0 fully saturated rings. The zero-order valence-corrected chi connectivity index (χ0v) is 29.1. The Morgan fingerprint density at radius 2 is 0.889 bits per heavy atom. The second kappa shape index (κ2) is 17.1. The van der Waals surface area contributed by atoms with Gasteiger partial charge in [0.05, 0.1) is 25.8 Å². The van der Waals surface area contributed by atoms with Crippen molar-refractivity contribution in [2.24, 2.45) is 0 Å². The maximum atomic E-state index is 8.60. The molecule has 45 heavy (non-hydrogen) atoms. The molecule has 0 unspecified atom stereocenters. The first-order valence-electron chi connectivity index (χ1n) is 12.8. The fourth-order valence-electron chi connectivity index (χ4n) is 3.93. The van der Waals surface area contributed by atoms with Crippen molar-refractivity contribution < 1.29 is 57.8 Å². The zero-order valence-electron chi connectivity index (χ0n) is 23.8. The van der Waals surface area contributed by atoms with Crippen LogP contribution in [-0.2, 0) is 10.9 Å². The molecule has 0 amide bonds. The lowest BCUT2D eigenvalue weighted by atomic mass is 10.1. The first kappa shape index (κ1) is 37.2. The molecule has 0 atom stereocenters. The average Bonchev–Trinajstić information content (AvgIpc) is 2.95. The fourth-order valence-corrected chi connectivity index (χ4v) is 7.49. The van der Waals surface area contributed by atoms with Gasteiger partial charge in [0, 0.05) is 13.4 Å². The first-order valence-corrected chi connectivity index (χ1v) is 18.4. The highest BCUT2D eigenvalue weighted by molar-refractivity contribution is 14.1. The van der Waals surface area contributed by atoms with Crippen LogP contribution in [0.1, 0.15) is 11.1 Å². The summed E-state index contributed by atoms with van der Waals surface area (Å²) in [5, 5.41) is 0. The second-order valence-electron chi connectivity index (χ2n) is 9.28. The minimum absolute atomic E-state index is 0.122. The van der Waals surface area contributed by atoms with Crippen molar-refractivity contribution in [1.29, 1.82) is 0 Å². The number of benzene rings is 5. The summed E-state index contributed by atoms with van der Waals surface area (Å²) in [7, 11) is -9.76. The molecule has 1 N–H and O–H groups in total. The molecule has 0 spiro atoms. The summed E-state index contributed by atoms with van der Waals surface area (Å²) in [5.74, 6) is 0. The maximum Gasteiger partial charge on any atom is 0.166 e. The summed E-state index contributed by atoms with van der Waals surface area (Å²) in [6.07, 6.45) is 0. The molecule has 0 bridgehead atoms. The average molecular weight is 802 g/mol. The lowest BCUT2D eigenvalue weighted by Crippen LogP contribution is -2.68. The molecule has 0 heterocycles.